The van der Waals surface area contributed by atoms with E-state index >= 15 is 0 Å². The molecule has 0 aliphatic carbocycles. The van der Waals surface area contributed by atoms with Gasteiger partial charge in [-0.05, 0) is 49.4 Å². The minimum absolute atomic E-state index is 0.105. The summed E-state index contributed by atoms with van der Waals surface area (Å²) >= 11 is 0. The van der Waals surface area contributed by atoms with Gasteiger partial charge in [0.2, 0.25) is 5.91 Å². The fraction of sp³-hybridized carbons (Fsp3) is 0.526. The molecule has 0 atom stereocenters. The lowest BCUT2D eigenvalue weighted by molar-refractivity contribution is -0.119. The fourth-order valence-electron chi connectivity index (χ4n) is 4.00. The van der Waals surface area contributed by atoms with Crippen molar-refractivity contribution in [2.75, 3.05) is 17.7 Å². The fourth-order valence-corrected chi connectivity index (χ4v) is 4.68. The van der Waals surface area contributed by atoms with Gasteiger partial charge in [-0.2, -0.15) is 5.10 Å². The summed E-state index contributed by atoms with van der Waals surface area (Å²) in [6.07, 6.45) is 6.46. The van der Waals surface area contributed by atoms with Gasteiger partial charge in [-0.15, -0.1) is 0 Å². The van der Waals surface area contributed by atoms with Crippen LogP contribution in [0.4, 0.5) is 5.69 Å². The SMILES string of the molecule is CS(=O)(=O)c1ccc2c(c1)CCCN2C(=O)Cn1nc2n(c1=O)CCCCC2. The first-order valence-electron chi connectivity index (χ1n) is 9.64. The van der Waals surface area contributed by atoms with Gasteiger partial charge in [-0.1, -0.05) is 6.42 Å². The van der Waals surface area contributed by atoms with E-state index in [4.69, 9.17) is 0 Å². The molecule has 1 aromatic carbocycles. The summed E-state index contributed by atoms with van der Waals surface area (Å²) in [5.41, 5.74) is 1.34. The Bertz CT molecular complexity index is 1080. The van der Waals surface area contributed by atoms with Gasteiger partial charge < -0.3 is 4.90 Å². The number of sulfone groups is 1. The molecule has 2 aromatic rings. The summed E-state index contributed by atoms with van der Waals surface area (Å²) in [5, 5.41) is 4.39. The van der Waals surface area contributed by atoms with Crippen LogP contribution < -0.4 is 10.6 Å². The topological polar surface area (TPSA) is 94.3 Å². The number of carbonyl (C=O) groups excluding carboxylic acids is 1. The quantitative estimate of drug-likeness (QED) is 0.765. The highest BCUT2D eigenvalue weighted by Gasteiger charge is 2.26. The molecule has 4 rings (SSSR count). The van der Waals surface area contributed by atoms with Gasteiger partial charge in [0, 0.05) is 31.5 Å². The van der Waals surface area contributed by atoms with E-state index in [1.165, 1.54) is 17.0 Å². The smallest absolute Gasteiger partial charge is 0.311 e. The molecule has 0 fully saturated rings. The number of benzene rings is 1. The third-order valence-electron chi connectivity index (χ3n) is 5.47. The Kier molecular flexibility index (Phi) is 4.86. The lowest BCUT2D eigenvalue weighted by Crippen LogP contribution is -2.40. The van der Waals surface area contributed by atoms with Crippen LogP contribution in [0.1, 0.15) is 37.1 Å². The Morgan fingerprint density at radius 3 is 2.71 bits per heavy atom. The van der Waals surface area contributed by atoms with Crippen LogP contribution in [-0.4, -0.2) is 41.5 Å². The number of nitrogens with zero attached hydrogens (tertiary/aromatic N) is 4. The van der Waals surface area contributed by atoms with Crippen molar-refractivity contribution in [3.63, 3.8) is 0 Å². The Hall–Kier alpha value is -2.42. The molecule has 2 aliphatic heterocycles. The zero-order valence-corrected chi connectivity index (χ0v) is 16.7. The molecule has 0 N–H and O–H groups in total. The second kappa shape index (κ2) is 7.20. The minimum Gasteiger partial charge on any atom is -0.311 e. The van der Waals surface area contributed by atoms with Crippen molar-refractivity contribution in [1.82, 2.24) is 14.3 Å². The largest absolute Gasteiger partial charge is 0.346 e. The second-order valence-electron chi connectivity index (χ2n) is 7.53. The lowest BCUT2D eigenvalue weighted by Gasteiger charge is -2.29. The molecule has 3 heterocycles. The average molecular weight is 404 g/mol. The van der Waals surface area contributed by atoms with E-state index in [9.17, 15) is 18.0 Å². The number of aryl methyl sites for hydroxylation is 2. The molecule has 0 bridgehead atoms. The molecule has 28 heavy (non-hydrogen) atoms. The van der Waals surface area contributed by atoms with Crippen LogP contribution in [0.3, 0.4) is 0 Å². The van der Waals surface area contributed by atoms with E-state index in [0.29, 0.717) is 13.1 Å². The summed E-state index contributed by atoms with van der Waals surface area (Å²) in [5.74, 6) is 0.551. The normalized spacial score (nSPS) is 17.0. The van der Waals surface area contributed by atoms with Gasteiger partial charge in [0.05, 0.1) is 4.90 Å². The van der Waals surface area contributed by atoms with Crippen molar-refractivity contribution in [2.45, 2.75) is 56.5 Å². The molecule has 2 aliphatic rings. The summed E-state index contributed by atoms with van der Waals surface area (Å²) in [6.45, 7) is 1.10. The number of amides is 1. The van der Waals surface area contributed by atoms with Gasteiger partial charge in [-0.3, -0.25) is 9.36 Å². The van der Waals surface area contributed by atoms with Crippen molar-refractivity contribution < 1.29 is 13.2 Å². The summed E-state index contributed by atoms with van der Waals surface area (Å²) in [7, 11) is -3.29. The summed E-state index contributed by atoms with van der Waals surface area (Å²) in [4.78, 5) is 27.5. The Morgan fingerprint density at radius 1 is 1.11 bits per heavy atom. The molecular weight excluding hydrogens is 380 g/mol. The van der Waals surface area contributed by atoms with Crippen LogP contribution in [0.25, 0.3) is 0 Å². The van der Waals surface area contributed by atoms with E-state index < -0.39 is 9.84 Å². The Morgan fingerprint density at radius 2 is 1.93 bits per heavy atom. The second-order valence-corrected chi connectivity index (χ2v) is 9.55. The standard InChI is InChI=1S/C19H24N4O4S/c1-28(26,27)15-8-9-16-14(12-15)6-5-11-21(16)18(24)13-23-19(25)22-10-4-2-3-7-17(22)20-23/h8-9,12H,2-7,10-11,13H2,1H3. The maximum Gasteiger partial charge on any atom is 0.346 e. The number of hydrogen-bond donors (Lipinski definition) is 0. The van der Waals surface area contributed by atoms with Gasteiger partial charge in [0.15, 0.2) is 9.84 Å². The van der Waals surface area contributed by atoms with E-state index in [2.05, 4.69) is 5.10 Å². The number of carbonyl (C=O) groups is 1. The first-order chi connectivity index (χ1) is 13.3. The third-order valence-corrected chi connectivity index (χ3v) is 6.58. The van der Waals surface area contributed by atoms with Crippen LogP contribution in [0.5, 0.6) is 0 Å². The summed E-state index contributed by atoms with van der Waals surface area (Å²) in [6, 6.07) is 4.87. The molecule has 0 saturated carbocycles. The van der Waals surface area contributed by atoms with Crippen molar-refractivity contribution in [3.8, 4) is 0 Å². The van der Waals surface area contributed by atoms with Crippen LogP contribution in [0, 0.1) is 0 Å². The third kappa shape index (κ3) is 3.50. The van der Waals surface area contributed by atoms with Crippen LogP contribution in [0.2, 0.25) is 0 Å². The molecule has 150 valence electrons. The number of fused-ring (bicyclic) bond motifs is 2. The molecule has 0 unspecified atom stereocenters. The maximum atomic E-state index is 12.9. The Balaban J connectivity index is 1.60. The van der Waals surface area contributed by atoms with E-state index in [0.717, 1.165) is 55.6 Å². The predicted molar refractivity (Wildman–Crippen MR) is 104 cm³/mol. The van der Waals surface area contributed by atoms with Crippen molar-refractivity contribution in [2.24, 2.45) is 0 Å². The van der Waals surface area contributed by atoms with E-state index in [1.807, 2.05) is 0 Å². The molecule has 0 spiro atoms. The van der Waals surface area contributed by atoms with E-state index in [-0.39, 0.29) is 23.0 Å². The zero-order valence-electron chi connectivity index (χ0n) is 15.9. The number of aromatic nitrogens is 3. The molecule has 1 amide bonds. The Labute approximate surface area is 163 Å². The first kappa shape index (κ1) is 18.9. The molecule has 0 saturated heterocycles. The molecule has 8 nitrogen and oxygen atoms in total. The van der Waals surface area contributed by atoms with Gasteiger partial charge in [0.1, 0.15) is 12.4 Å². The van der Waals surface area contributed by atoms with Crippen molar-refractivity contribution in [3.05, 3.63) is 40.1 Å². The predicted octanol–water partition coefficient (Wildman–Crippen LogP) is 1.15. The summed E-state index contributed by atoms with van der Waals surface area (Å²) < 4.78 is 26.6. The van der Waals surface area contributed by atoms with Crippen molar-refractivity contribution in [1.29, 1.82) is 0 Å². The van der Waals surface area contributed by atoms with Crippen molar-refractivity contribution >= 4 is 21.4 Å². The minimum atomic E-state index is -3.29. The number of rotatable bonds is 3. The average Bonchev–Trinajstić information content (AvgIpc) is 2.83. The monoisotopic (exact) mass is 404 g/mol. The van der Waals surface area contributed by atoms with Crippen LogP contribution in [-0.2, 0) is 40.6 Å². The number of hydrogen-bond acceptors (Lipinski definition) is 5. The highest BCUT2D eigenvalue weighted by Crippen LogP contribution is 2.29. The highest BCUT2D eigenvalue weighted by atomic mass is 32.2. The van der Waals surface area contributed by atoms with Gasteiger partial charge >= 0.3 is 5.69 Å². The molecule has 9 heteroatoms. The van der Waals surface area contributed by atoms with Crippen LogP contribution in [0.15, 0.2) is 27.9 Å². The molecule has 0 radical (unpaired) electrons. The number of anilines is 1. The highest BCUT2D eigenvalue weighted by molar-refractivity contribution is 7.90. The molecular formula is C19H24N4O4S. The molecule has 1 aromatic heterocycles. The lowest BCUT2D eigenvalue weighted by atomic mass is 10.0. The van der Waals surface area contributed by atoms with Gasteiger partial charge in [-0.25, -0.2) is 17.9 Å². The van der Waals surface area contributed by atoms with Gasteiger partial charge in [0.25, 0.3) is 0 Å². The zero-order chi connectivity index (χ0) is 19.9. The first-order valence-corrected chi connectivity index (χ1v) is 11.5. The maximum absolute atomic E-state index is 12.9. The van der Waals surface area contributed by atoms with E-state index in [1.54, 1.807) is 21.6 Å². The van der Waals surface area contributed by atoms with Crippen LogP contribution >= 0.6 is 0 Å².